The highest BCUT2D eigenvalue weighted by molar-refractivity contribution is 6.00. The molecule has 0 unspecified atom stereocenters. The predicted molar refractivity (Wildman–Crippen MR) is 87.8 cm³/mol. The number of anilines is 2. The second-order valence-corrected chi connectivity index (χ2v) is 5.85. The molecule has 0 aromatic heterocycles. The summed E-state index contributed by atoms with van der Waals surface area (Å²) >= 11 is 0. The zero-order chi connectivity index (χ0) is 15.4. The first kappa shape index (κ1) is 15.6. The Bertz CT molecular complexity index is 493. The summed E-state index contributed by atoms with van der Waals surface area (Å²) in [7, 11) is 3.87. The molecule has 1 aromatic carbocycles. The van der Waals surface area contributed by atoms with Gasteiger partial charge in [-0.2, -0.15) is 0 Å². The normalized spacial score (nSPS) is 16.7. The molecular weight excluding hydrogens is 264 g/mol. The summed E-state index contributed by atoms with van der Waals surface area (Å²) in [6.07, 6.45) is 2.03. The zero-order valence-electron chi connectivity index (χ0n) is 13.2. The molecular formula is C16H26N4O. The van der Waals surface area contributed by atoms with Gasteiger partial charge in [0, 0.05) is 44.6 Å². The minimum absolute atomic E-state index is 0.0269. The fraction of sp³-hybridized carbons (Fsp3) is 0.562. The van der Waals surface area contributed by atoms with Crippen molar-refractivity contribution in [2.45, 2.75) is 25.8 Å². The molecule has 3 N–H and O–H groups in total. The molecule has 0 saturated carbocycles. The highest BCUT2D eigenvalue weighted by Crippen LogP contribution is 2.22. The maximum absolute atomic E-state index is 12.5. The van der Waals surface area contributed by atoms with E-state index in [1.54, 1.807) is 6.07 Å². The summed E-state index contributed by atoms with van der Waals surface area (Å²) in [5.41, 5.74) is 7.99. The fourth-order valence-electron chi connectivity index (χ4n) is 2.78. The van der Waals surface area contributed by atoms with Crippen LogP contribution in [0.3, 0.4) is 0 Å². The van der Waals surface area contributed by atoms with Gasteiger partial charge in [0.2, 0.25) is 0 Å². The van der Waals surface area contributed by atoms with Crippen LogP contribution in [0.2, 0.25) is 0 Å². The van der Waals surface area contributed by atoms with Crippen molar-refractivity contribution in [3.05, 3.63) is 23.8 Å². The maximum Gasteiger partial charge on any atom is 0.253 e. The van der Waals surface area contributed by atoms with Crippen LogP contribution >= 0.6 is 0 Å². The van der Waals surface area contributed by atoms with Crippen molar-refractivity contribution < 1.29 is 4.79 Å². The van der Waals surface area contributed by atoms with Crippen LogP contribution in [0.25, 0.3) is 0 Å². The molecule has 1 aliphatic rings. The summed E-state index contributed by atoms with van der Waals surface area (Å²) in [6.45, 7) is 5.37. The lowest BCUT2D eigenvalue weighted by molar-refractivity contribution is 0.0913. The quantitative estimate of drug-likeness (QED) is 0.826. The Morgan fingerprint density at radius 1 is 1.38 bits per heavy atom. The second-order valence-electron chi connectivity index (χ2n) is 5.85. The molecule has 0 atom stereocenters. The summed E-state index contributed by atoms with van der Waals surface area (Å²) in [6, 6.07) is 5.73. The summed E-state index contributed by atoms with van der Waals surface area (Å²) in [4.78, 5) is 16.9. The smallest absolute Gasteiger partial charge is 0.253 e. The lowest BCUT2D eigenvalue weighted by Gasteiger charge is -2.31. The van der Waals surface area contributed by atoms with Crippen molar-refractivity contribution in [2.75, 3.05) is 44.4 Å². The molecule has 2 rings (SSSR count). The second kappa shape index (κ2) is 6.80. The molecule has 5 heteroatoms. The molecule has 0 spiro atoms. The highest BCUT2D eigenvalue weighted by atomic mass is 16.1. The molecule has 1 aromatic rings. The molecule has 1 amide bonds. The van der Waals surface area contributed by atoms with Gasteiger partial charge in [-0.1, -0.05) is 6.92 Å². The molecule has 21 heavy (non-hydrogen) atoms. The van der Waals surface area contributed by atoms with E-state index in [0.29, 0.717) is 11.3 Å². The number of nitrogens with two attached hydrogens (primary N) is 1. The molecule has 1 aliphatic heterocycles. The summed E-state index contributed by atoms with van der Waals surface area (Å²) < 4.78 is 0. The van der Waals surface area contributed by atoms with E-state index in [0.717, 1.165) is 38.2 Å². The third-order valence-corrected chi connectivity index (χ3v) is 4.12. The molecule has 5 nitrogen and oxygen atoms in total. The van der Waals surface area contributed by atoms with Crippen LogP contribution in [0.5, 0.6) is 0 Å². The van der Waals surface area contributed by atoms with Crippen LogP contribution in [0, 0.1) is 0 Å². The summed E-state index contributed by atoms with van der Waals surface area (Å²) in [5, 5.41) is 3.15. The molecule has 1 heterocycles. The minimum atomic E-state index is -0.0269. The number of carbonyl (C=O) groups excluding carboxylic acids is 1. The van der Waals surface area contributed by atoms with Gasteiger partial charge in [-0.15, -0.1) is 0 Å². The van der Waals surface area contributed by atoms with Gasteiger partial charge in [0.25, 0.3) is 5.91 Å². The Morgan fingerprint density at radius 3 is 2.62 bits per heavy atom. The van der Waals surface area contributed by atoms with Crippen molar-refractivity contribution in [1.82, 2.24) is 10.2 Å². The van der Waals surface area contributed by atoms with E-state index in [9.17, 15) is 4.79 Å². The van der Waals surface area contributed by atoms with Gasteiger partial charge in [0.15, 0.2) is 0 Å². The third-order valence-electron chi connectivity index (χ3n) is 4.12. The Hall–Kier alpha value is -1.75. The Labute approximate surface area is 127 Å². The van der Waals surface area contributed by atoms with Crippen molar-refractivity contribution in [3.8, 4) is 0 Å². The van der Waals surface area contributed by atoms with E-state index in [-0.39, 0.29) is 11.9 Å². The van der Waals surface area contributed by atoms with E-state index in [4.69, 9.17) is 5.73 Å². The molecule has 0 bridgehead atoms. The van der Waals surface area contributed by atoms with Crippen molar-refractivity contribution in [2.24, 2.45) is 0 Å². The molecule has 0 aliphatic carbocycles. The average molecular weight is 290 g/mol. The lowest BCUT2D eigenvalue weighted by Crippen LogP contribution is -2.44. The van der Waals surface area contributed by atoms with E-state index < -0.39 is 0 Å². The van der Waals surface area contributed by atoms with Gasteiger partial charge in [-0.05, 0) is 37.6 Å². The van der Waals surface area contributed by atoms with Crippen molar-refractivity contribution in [1.29, 1.82) is 0 Å². The Balaban J connectivity index is 2.05. The first-order chi connectivity index (χ1) is 10.0. The lowest BCUT2D eigenvalue weighted by atomic mass is 10.0. The zero-order valence-corrected chi connectivity index (χ0v) is 13.2. The van der Waals surface area contributed by atoms with Crippen LogP contribution < -0.4 is 16.0 Å². The van der Waals surface area contributed by atoms with Crippen molar-refractivity contribution >= 4 is 17.3 Å². The van der Waals surface area contributed by atoms with E-state index in [2.05, 4.69) is 17.1 Å². The average Bonchev–Trinajstić information content (AvgIpc) is 2.47. The number of nitrogen functional groups attached to an aromatic ring is 1. The number of hydrogen-bond acceptors (Lipinski definition) is 4. The number of likely N-dealkylation sites (tertiary alicyclic amines) is 1. The molecule has 116 valence electrons. The first-order valence-electron chi connectivity index (χ1n) is 7.61. The fourth-order valence-corrected chi connectivity index (χ4v) is 2.78. The molecule has 0 radical (unpaired) electrons. The monoisotopic (exact) mass is 290 g/mol. The largest absolute Gasteiger partial charge is 0.399 e. The number of piperidine rings is 1. The van der Waals surface area contributed by atoms with Crippen molar-refractivity contribution in [3.63, 3.8) is 0 Å². The third kappa shape index (κ3) is 3.88. The highest BCUT2D eigenvalue weighted by Gasteiger charge is 2.21. The standard InChI is InChI=1S/C16H26N4O/c1-4-20-9-7-13(8-10-20)18-16(21)14-11-12(17)5-6-15(14)19(2)3/h5-6,11,13H,4,7-10,17H2,1-3H3,(H,18,21). The SMILES string of the molecule is CCN1CCC(NC(=O)c2cc(N)ccc2N(C)C)CC1. The number of benzene rings is 1. The van der Waals surface area contributed by atoms with Gasteiger partial charge in [-0.3, -0.25) is 4.79 Å². The number of nitrogens with zero attached hydrogens (tertiary/aromatic N) is 2. The number of hydrogen-bond donors (Lipinski definition) is 2. The van der Waals surface area contributed by atoms with Crippen LogP contribution in [0.15, 0.2) is 18.2 Å². The predicted octanol–water partition coefficient (Wildman–Crippen LogP) is 1.55. The number of rotatable bonds is 4. The van der Waals surface area contributed by atoms with Gasteiger partial charge >= 0.3 is 0 Å². The van der Waals surface area contributed by atoms with Crippen LogP contribution in [-0.2, 0) is 0 Å². The maximum atomic E-state index is 12.5. The van der Waals surface area contributed by atoms with Crippen LogP contribution in [0.4, 0.5) is 11.4 Å². The Kier molecular flexibility index (Phi) is 5.07. The van der Waals surface area contributed by atoms with E-state index in [1.807, 2.05) is 31.1 Å². The van der Waals surface area contributed by atoms with Gasteiger partial charge in [0.05, 0.1) is 5.56 Å². The van der Waals surface area contributed by atoms with Crippen LogP contribution in [0.1, 0.15) is 30.1 Å². The minimum Gasteiger partial charge on any atom is -0.399 e. The topological polar surface area (TPSA) is 61.6 Å². The van der Waals surface area contributed by atoms with E-state index >= 15 is 0 Å². The number of nitrogens with one attached hydrogen (secondary N) is 1. The summed E-state index contributed by atoms with van der Waals surface area (Å²) in [5.74, 6) is -0.0269. The Morgan fingerprint density at radius 2 is 2.05 bits per heavy atom. The first-order valence-corrected chi connectivity index (χ1v) is 7.61. The molecule has 1 saturated heterocycles. The van der Waals surface area contributed by atoms with Gasteiger partial charge in [0.1, 0.15) is 0 Å². The number of amides is 1. The van der Waals surface area contributed by atoms with E-state index in [1.165, 1.54) is 0 Å². The van der Waals surface area contributed by atoms with Gasteiger partial charge < -0.3 is 20.9 Å². The number of carbonyl (C=O) groups is 1. The molecule has 1 fully saturated rings. The van der Waals surface area contributed by atoms with Gasteiger partial charge in [-0.25, -0.2) is 0 Å². The van der Waals surface area contributed by atoms with Crippen LogP contribution in [-0.4, -0.2) is 50.6 Å².